The number of hydrogen-bond acceptors (Lipinski definition) is 5. The normalized spacial score (nSPS) is 18.8. The van der Waals surface area contributed by atoms with Gasteiger partial charge in [-0.15, -0.1) is 0 Å². The molecule has 0 amide bonds. The molecule has 1 atom stereocenters. The van der Waals surface area contributed by atoms with Gasteiger partial charge in [-0.3, -0.25) is 10.1 Å². The molecule has 7 nitrogen and oxygen atoms in total. The SMILES string of the molecule is CCCN(C1CCNC1)S(=O)(=O)c1c(F)cccc1[N+](=O)[O-]. The zero-order valence-electron chi connectivity index (χ0n) is 12.2. The van der Waals surface area contributed by atoms with Crippen molar-refractivity contribution in [3.63, 3.8) is 0 Å². The van der Waals surface area contributed by atoms with Crippen LogP contribution in [0.2, 0.25) is 0 Å². The Labute approximate surface area is 128 Å². The molecule has 1 aromatic rings. The molecule has 0 aromatic heterocycles. The van der Waals surface area contributed by atoms with E-state index in [2.05, 4.69) is 5.32 Å². The molecule has 1 fully saturated rings. The van der Waals surface area contributed by atoms with Gasteiger partial charge >= 0.3 is 0 Å². The minimum atomic E-state index is -4.28. The van der Waals surface area contributed by atoms with Crippen molar-refractivity contribution in [1.82, 2.24) is 9.62 Å². The van der Waals surface area contributed by atoms with Gasteiger partial charge in [-0.05, 0) is 25.5 Å². The number of halogens is 1. The molecule has 22 heavy (non-hydrogen) atoms. The van der Waals surface area contributed by atoms with Crippen LogP contribution in [0.4, 0.5) is 10.1 Å². The van der Waals surface area contributed by atoms with E-state index >= 15 is 0 Å². The Balaban J connectivity index is 2.54. The van der Waals surface area contributed by atoms with E-state index in [0.717, 1.165) is 18.2 Å². The summed E-state index contributed by atoms with van der Waals surface area (Å²) >= 11 is 0. The average Bonchev–Trinajstić information content (AvgIpc) is 2.97. The predicted octanol–water partition coefficient (Wildman–Crippen LogP) is 1.50. The van der Waals surface area contributed by atoms with Crippen LogP contribution in [-0.2, 0) is 10.0 Å². The Morgan fingerprint density at radius 1 is 1.50 bits per heavy atom. The summed E-state index contributed by atoms with van der Waals surface area (Å²) in [5.74, 6) is -1.10. The first-order valence-corrected chi connectivity index (χ1v) is 8.49. The largest absolute Gasteiger partial charge is 0.315 e. The number of sulfonamides is 1. The molecular formula is C13H18FN3O4S. The van der Waals surface area contributed by atoms with Gasteiger partial charge in [-0.25, -0.2) is 12.8 Å². The minimum Gasteiger partial charge on any atom is -0.315 e. The van der Waals surface area contributed by atoms with Crippen LogP contribution in [0.25, 0.3) is 0 Å². The van der Waals surface area contributed by atoms with Crippen LogP contribution in [0.15, 0.2) is 23.1 Å². The monoisotopic (exact) mass is 331 g/mol. The molecule has 0 saturated carbocycles. The number of nitrogens with zero attached hydrogens (tertiary/aromatic N) is 2. The lowest BCUT2D eigenvalue weighted by Gasteiger charge is -2.27. The van der Waals surface area contributed by atoms with Crippen LogP contribution < -0.4 is 5.32 Å². The summed E-state index contributed by atoms with van der Waals surface area (Å²) in [6.45, 7) is 3.13. The molecule has 9 heteroatoms. The molecule has 0 aliphatic carbocycles. The number of hydrogen-bond donors (Lipinski definition) is 1. The highest BCUT2D eigenvalue weighted by molar-refractivity contribution is 7.89. The van der Waals surface area contributed by atoms with Gasteiger partial charge in [0.2, 0.25) is 0 Å². The Kier molecular flexibility index (Phi) is 5.09. The van der Waals surface area contributed by atoms with Crippen LogP contribution in [0.1, 0.15) is 19.8 Å². The van der Waals surface area contributed by atoms with E-state index in [4.69, 9.17) is 0 Å². The number of nitrogens with one attached hydrogen (secondary N) is 1. The van der Waals surface area contributed by atoms with Crippen molar-refractivity contribution in [1.29, 1.82) is 0 Å². The van der Waals surface area contributed by atoms with Gasteiger partial charge in [0.05, 0.1) is 4.92 Å². The highest BCUT2D eigenvalue weighted by Crippen LogP contribution is 2.31. The minimum absolute atomic E-state index is 0.195. The maximum Gasteiger partial charge on any atom is 0.292 e. The zero-order valence-corrected chi connectivity index (χ0v) is 13.0. The smallest absolute Gasteiger partial charge is 0.292 e. The lowest BCUT2D eigenvalue weighted by Crippen LogP contribution is -2.42. The number of nitro groups is 1. The molecule has 0 bridgehead atoms. The van der Waals surface area contributed by atoms with Gasteiger partial charge in [0.1, 0.15) is 5.82 Å². The summed E-state index contributed by atoms with van der Waals surface area (Å²) in [6, 6.07) is 2.75. The van der Waals surface area contributed by atoms with Crippen LogP contribution in [-0.4, -0.2) is 43.3 Å². The van der Waals surface area contributed by atoms with Crippen molar-refractivity contribution < 1.29 is 17.7 Å². The van der Waals surface area contributed by atoms with Crippen molar-refractivity contribution >= 4 is 15.7 Å². The van der Waals surface area contributed by atoms with Crippen molar-refractivity contribution in [3.8, 4) is 0 Å². The summed E-state index contributed by atoms with van der Waals surface area (Å²) in [5, 5.41) is 14.1. The van der Waals surface area contributed by atoms with Crippen LogP contribution in [0.3, 0.4) is 0 Å². The maximum absolute atomic E-state index is 14.1. The average molecular weight is 331 g/mol. The quantitative estimate of drug-likeness (QED) is 0.630. The first-order valence-electron chi connectivity index (χ1n) is 7.05. The molecule has 1 N–H and O–H groups in total. The Morgan fingerprint density at radius 3 is 2.77 bits per heavy atom. The molecule has 1 saturated heterocycles. The second kappa shape index (κ2) is 6.67. The lowest BCUT2D eigenvalue weighted by molar-refractivity contribution is -0.388. The maximum atomic E-state index is 14.1. The number of rotatable bonds is 6. The van der Waals surface area contributed by atoms with Crippen molar-refractivity contribution in [2.24, 2.45) is 0 Å². The third-order valence-corrected chi connectivity index (χ3v) is 5.61. The van der Waals surface area contributed by atoms with E-state index in [1.54, 1.807) is 6.92 Å². The third-order valence-electron chi connectivity index (χ3n) is 3.60. The summed E-state index contributed by atoms with van der Waals surface area (Å²) in [5.41, 5.74) is -0.730. The van der Waals surface area contributed by atoms with E-state index in [-0.39, 0.29) is 12.6 Å². The summed E-state index contributed by atoms with van der Waals surface area (Å²) in [7, 11) is -4.28. The standard InChI is InChI=1S/C13H18FN3O4S/c1-2-8-16(10-6-7-15-9-10)22(20,21)13-11(14)4-3-5-12(13)17(18)19/h3-5,10,15H,2,6-9H2,1H3. The van der Waals surface area contributed by atoms with Gasteiger partial charge in [-0.1, -0.05) is 13.0 Å². The highest BCUT2D eigenvalue weighted by Gasteiger charge is 2.38. The first kappa shape index (κ1) is 16.8. The first-order chi connectivity index (χ1) is 10.4. The van der Waals surface area contributed by atoms with Crippen molar-refractivity contribution in [2.45, 2.75) is 30.7 Å². The molecular weight excluding hydrogens is 313 g/mol. The lowest BCUT2D eigenvalue weighted by atomic mass is 10.2. The molecule has 1 unspecified atom stereocenters. The van der Waals surface area contributed by atoms with Crippen LogP contribution in [0, 0.1) is 15.9 Å². The van der Waals surface area contributed by atoms with E-state index in [9.17, 15) is 22.9 Å². The fourth-order valence-corrected chi connectivity index (χ4v) is 4.57. The summed E-state index contributed by atoms with van der Waals surface area (Å²) in [4.78, 5) is 9.35. The van der Waals surface area contributed by atoms with Crippen LogP contribution in [0.5, 0.6) is 0 Å². The second-order valence-corrected chi connectivity index (χ2v) is 6.93. The molecule has 0 radical (unpaired) electrons. The third kappa shape index (κ3) is 3.11. The molecule has 2 rings (SSSR count). The fourth-order valence-electron chi connectivity index (χ4n) is 2.62. The van der Waals surface area contributed by atoms with Crippen molar-refractivity contribution in [2.75, 3.05) is 19.6 Å². The Morgan fingerprint density at radius 2 is 2.23 bits per heavy atom. The second-order valence-electron chi connectivity index (χ2n) is 5.11. The van der Waals surface area contributed by atoms with E-state index in [1.165, 1.54) is 4.31 Å². The number of benzene rings is 1. The molecule has 1 aromatic carbocycles. The van der Waals surface area contributed by atoms with Gasteiger partial charge in [0, 0.05) is 25.2 Å². The van der Waals surface area contributed by atoms with E-state index in [0.29, 0.717) is 25.9 Å². The van der Waals surface area contributed by atoms with E-state index < -0.39 is 31.3 Å². The molecule has 1 aliphatic heterocycles. The van der Waals surface area contributed by atoms with Gasteiger partial charge < -0.3 is 5.32 Å². The molecule has 0 spiro atoms. The summed E-state index contributed by atoms with van der Waals surface area (Å²) in [6.07, 6.45) is 1.14. The number of nitro benzene ring substituents is 1. The Hall–Kier alpha value is -1.58. The summed E-state index contributed by atoms with van der Waals surface area (Å²) < 4.78 is 40.9. The van der Waals surface area contributed by atoms with Crippen LogP contribution >= 0.6 is 0 Å². The predicted molar refractivity (Wildman–Crippen MR) is 78.5 cm³/mol. The van der Waals surface area contributed by atoms with Gasteiger partial charge in [0.25, 0.3) is 15.7 Å². The van der Waals surface area contributed by atoms with Gasteiger partial charge in [0.15, 0.2) is 4.90 Å². The van der Waals surface area contributed by atoms with E-state index in [1.807, 2.05) is 0 Å². The molecule has 1 heterocycles. The topological polar surface area (TPSA) is 92.6 Å². The van der Waals surface area contributed by atoms with Gasteiger partial charge in [-0.2, -0.15) is 4.31 Å². The zero-order chi connectivity index (χ0) is 16.3. The van der Waals surface area contributed by atoms with Crippen molar-refractivity contribution in [3.05, 3.63) is 34.1 Å². The Bertz CT molecular complexity index is 659. The molecule has 122 valence electrons. The highest BCUT2D eigenvalue weighted by atomic mass is 32.2. The molecule has 1 aliphatic rings. The fraction of sp³-hybridized carbons (Fsp3) is 0.538.